The molecule has 2 heterocycles. The van der Waals surface area contributed by atoms with Gasteiger partial charge in [0.25, 0.3) is 0 Å². The van der Waals surface area contributed by atoms with Gasteiger partial charge in [0, 0.05) is 47.7 Å². The summed E-state index contributed by atoms with van der Waals surface area (Å²) >= 11 is 0. The van der Waals surface area contributed by atoms with Crippen molar-refractivity contribution >= 4 is 23.7 Å². The van der Waals surface area contributed by atoms with Crippen molar-refractivity contribution in [1.29, 1.82) is 0 Å². The maximum atomic E-state index is 13.5. The van der Waals surface area contributed by atoms with Crippen LogP contribution >= 0.6 is 0 Å². The van der Waals surface area contributed by atoms with Crippen molar-refractivity contribution in [2.75, 3.05) is 13.1 Å². The highest BCUT2D eigenvalue weighted by Gasteiger charge is 2.39. The fourth-order valence-electron chi connectivity index (χ4n) is 7.65. The highest BCUT2D eigenvalue weighted by molar-refractivity contribution is 6.08. The maximum Gasteiger partial charge on any atom is 0.183 e. The van der Waals surface area contributed by atoms with E-state index in [0.29, 0.717) is 0 Å². The van der Waals surface area contributed by atoms with Gasteiger partial charge in [-0.25, -0.2) is 0 Å². The van der Waals surface area contributed by atoms with Crippen LogP contribution in [0.1, 0.15) is 134 Å². The van der Waals surface area contributed by atoms with E-state index in [4.69, 9.17) is 0 Å². The number of benzene rings is 1. The van der Waals surface area contributed by atoms with Gasteiger partial charge in [0.2, 0.25) is 0 Å². The Bertz CT molecular complexity index is 1280. The molecule has 0 spiro atoms. The van der Waals surface area contributed by atoms with Crippen molar-refractivity contribution in [2.45, 2.75) is 134 Å². The van der Waals surface area contributed by atoms with E-state index in [9.17, 15) is 9.59 Å². The van der Waals surface area contributed by atoms with Crippen molar-refractivity contribution < 1.29 is 9.59 Å². The molecule has 0 amide bonds. The number of ketones is 2. The SMILES string of the molecule is CC(C)(C)CC(C)(C)N1C=C(C(=O)/C=C/c2ccc(/C=C/C(=O)C3=CN(C(C)(C)CC(C)(C)C)CCC3(C)C)cc2)C(C)(C)CC1. The Morgan fingerprint density at radius 3 is 1.20 bits per heavy atom. The summed E-state index contributed by atoms with van der Waals surface area (Å²) in [6, 6.07) is 8.03. The molecule has 46 heavy (non-hydrogen) atoms. The average Bonchev–Trinajstić information content (AvgIpc) is 2.87. The van der Waals surface area contributed by atoms with Gasteiger partial charge in [-0.3, -0.25) is 9.59 Å². The fourth-order valence-corrected chi connectivity index (χ4v) is 7.65. The second-order valence-corrected chi connectivity index (χ2v) is 18.9. The van der Waals surface area contributed by atoms with Gasteiger partial charge in [0.05, 0.1) is 0 Å². The number of rotatable bonds is 10. The molecule has 3 rings (SSSR count). The third kappa shape index (κ3) is 10.1. The van der Waals surface area contributed by atoms with Crippen LogP contribution in [0.25, 0.3) is 12.2 Å². The molecule has 4 heteroatoms. The standard InChI is InChI=1S/C42H64N2O2/c1-37(2,3)29-41(11,12)43-25-23-39(7,8)33(27-43)35(45)21-19-31-15-17-32(18-16-31)20-22-36(46)34-28-44(26-24-40(34,9)10)42(13,14)30-38(4,5)6/h15-22,27-28H,23-26,29-30H2,1-14H3/b21-19+,22-20+. The normalized spacial score (nSPS) is 19.4. The lowest BCUT2D eigenvalue weighted by atomic mass is 9.74. The molecule has 254 valence electrons. The Balaban J connectivity index is 1.73. The Morgan fingerprint density at radius 1 is 0.609 bits per heavy atom. The molecule has 0 saturated carbocycles. The number of carbonyl (C=O) groups excluding carboxylic acids is 2. The van der Waals surface area contributed by atoms with Gasteiger partial charge in [0.15, 0.2) is 11.6 Å². The van der Waals surface area contributed by atoms with E-state index >= 15 is 0 Å². The van der Waals surface area contributed by atoms with E-state index < -0.39 is 0 Å². The highest BCUT2D eigenvalue weighted by atomic mass is 16.1. The van der Waals surface area contributed by atoms with Crippen LogP contribution in [0.2, 0.25) is 0 Å². The Hall–Kier alpha value is -2.88. The minimum atomic E-state index is -0.168. The summed E-state index contributed by atoms with van der Waals surface area (Å²) in [7, 11) is 0. The summed E-state index contributed by atoms with van der Waals surface area (Å²) in [6.45, 7) is 33.4. The van der Waals surface area contributed by atoms with Crippen LogP contribution in [0.4, 0.5) is 0 Å². The van der Waals surface area contributed by atoms with E-state index in [1.807, 2.05) is 36.4 Å². The summed E-state index contributed by atoms with van der Waals surface area (Å²) in [6.07, 6.45) is 15.5. The third-order valence-corrected chi connectivity index (χ3v) is 9.79. The van der Waals surface area contributed by atoms with Crippen molar-refractivity contribution in [1.82, 2.24) is 9.80 Å². The molecule has 2 aliphatic heterocycles. The number of carbonyl (C=O) groups is 2. The second kappa shape index (κ2) is 13.3. The van der Waals surface area contributed by atoms with E-state index in [1.165, 1.54) is 0 Å². The molecule has 0 radical (unpaired) electrons. The maximum absolute atomic E-state index is 13.5. The number of nitrogens with zero attached hydrogens (tertiary/aromatic N) is 2. The van der Waals surface area contributed by atoms with Gasteiger partial charge in [-0.2, -0.15) is 0 Å². The molecular formula is C42H64N2O2. The lowest BCUT2D eigenvalue weighted by molar-refractivity contribution is -0.113. The topological polar surface area (TPSA) is 40.6 Å². The molecule has 1 aromatic rings. The van der Waals surface area contributed by atoms with Gasteiger partial charge in [-0.05, 0) is 98.3 Å². The number of hydrogen-bond acceptors (Lipinski definition) is 4. The zero-order chi connectivity index (χ0) is 34.9. The third-order valence-electron chi connectivity index (χ3n) is 9.79. The lowest BCUT2D eigenvalue weighted by Crippen LogP contribution is -2.47. The van der Waals surface area contributed by atoms with Crippen LogP contribution in [-0.4, -0.2) is 45.5 Å². The number of hydrogen-bond donors (Lipinski definition) is 0. The smallest absolute Gasteiger partial charge is 0.183 e. The summed E-state index contributed by atoms with van der Waals surface area (Å²) in [5.41, 5.74) is 3.68. The average molecular weight is 629 g/mol. The molecule has 0 aromatic heterocycles. The summed E-state index contributed by atoms with van der Waals surface area (Å²) in [4.78, 5) is 31.8. The first-order valence-electron chi connectivity index (χ1n) is 17.3. The van der Waals surface area contributed by atoms with Crippen molar-refractivity contribution in [3.8, 4) is 0 Å². The molecular weight excluding hydrogens is 564 g/mol. The molecule has 0 fully saturated rings. The van der Waals surface area contributed by atoms with Gasteiger partial charge < -0.3 is 9.80 Å². The fraction of sp³-hybridized carbons (Fsp3) is 0.619. The van der Waals surface area contributed by atoms with Crippen LogP contribution in [-0.2, 0) is 9.59 Å². The van der Waals surface area contributed by atoms with Crippen LogP contribution in [0.3, 0.4) is 0 Å². The number of allylic oxidation sites excluding steroid dienone is 4. The Labute approximate surface area is 282 Å². The predicted molar refractivity (Wildman–Crippen MR) is 197 cm³/mol. The minimum absolute atomic E-state index is 0.0276. The second-order valence-electron chi connectivity index (χ2n) is 18.9. The summed E-state index contributed by atoms with van der Waals surface area (Å²) in [5.74, 6) is 0.137. The molecule has 4 nitrogen and oxygen atoms in total. The van der Waals surface area contributed by atoms with Crippen LogP contribution in [0.15, 0.2) is 60.0 Å². The monoisotopic (exact) mass is 628 g/mol. The van der Waals surface area contributed by atoms with Crippen LogP contribution in [0.5, 0.6) is 0 Å². The molecule has 0 aliphatic carbocycles. The molecule has 2 aliphatic rings. The molecule has 0 saturated heterocycles. The Morgan fingerprint density at radius 2 is 0.913 bits per heavy atom. The molecule has 0 unspecified atom stereocenters. The first-order valence-corrected chi connectivity index (χ1v) is 17.3. The van der Waals surface area contributed by atoms with E-state index in [1.54, 1.807) is 12.2 Å². The van der Waals surface area contributed by atoms with Crippen molar-refractivity contribution in [3.05, 3.63) is 71.1 Å². The zero-order valence-corrected chi connectivity index (χ0v) is 31.7. The van der Waals surface area contributed by atoms with Crippen molar-refractivity contribution in [2.24, 2.45) is 21.7 Å². The summed E-state index contributed by atoms with van der Waals surface area (Å²) in [5, 5.41) is 0. The van der Waals surface area contributed by atoms with E-state index in [-0.39, 0.29) is 44.3 Å². The largest absolute Gasteiger partial charge is 0.372 e. The molecule has 1 aromatic carbocycles. The molecule has 0 N–H and O–H groups in total. The van der Waals surface area contributed by atoms with Gasteiger partial charge in [0.1, 0.15) is 0 Å². The van der Waals surface area contributed by atoms with Crippen LogP contribution in [0, 0.1) is 21.7 Å². The minimum Gasteiger partial charge on any atom is -0.372 e. The first kappa shape index (κ1) is 37.6. The van der Waals surface area contributed by atoms with Crippen LogP contribution < -0.4 is 0 Å². The van der Waals surface area contributed by atoms with E-state index in [0.717, 1.165) is 61.0 Å². The zero-order valence-electron chi connectivity index (χ0n) is 31.7. The predicted octanol–water partition coefficient (Wildman–Crippen LogP) is 10.5. The van der Waals surface area contributed by atoms with Gasteiger partial charge in [-0.1, -0.05) is 106 Å². The van der Waals surface area contributed by atoms with Gasteiger partial charge in [-0.15, -0.1) is 0 Å². The van der Waals surface area contributed by atoms with Crippen molar-refractivity contribution in [3.63, 3.8) is 0 Å². The van der Waals surface area contributed by atoms with E-state index in [2.05, 4.69) is 119 Å². The highest BCUT2D eigenvalue weighted by Crippen LogP contribution is 2.42. The lowest BCUT2D eigenvalue weighted by Gasteiger charge is -2.47. The molecule has 0 bridgehead atoms. The Kier molecular flexibility index (Phi) is 10.9. The quantitative estimate of drug-likeness (QED) is 0.242. The molecule has 0 atom stereocenters. The van der Waals surface area contributed by atoms with Gasteiger partial charge >= 0.3 is 0 Å². The first-order chi connectivity index (χ1) is 20.8. The summed E-state index contributed by atoms with van der Waals surface area (Å²) < 4.78 is 0.